The number of urea groups is 1. The molecule has 2 aromatic carbocycles. The van der Waals surface area contributed by atoms with E-state index in [1.807, 2.05) is 12.1 Å². The largest absolute Gasteiger partial charge is 0.332 e. The molecule has 0 atom stereocenters. The van der Waals surface area contributed by atoms with Gasteiger partial charge in [-0.15, -0.1) is 0 Å². The summed E-state index contributed by atoms with van der Waals surface area (Å²) >= 11 is 6.01. The van der Waals surface area contributed by atoms with Gasteiger partial charge in [0, 0.05) is 12.4 Å². The van der Waals surface area contributed by atoms with Crippen LogP contribution in [0.15, 0.2) is 53.3 Å². The first-order valence-corrected chi connectivity index (χ1v) is 7.68. The van der Waals surface area contributed by atoms with E-state index in [-0.39, 0.29) is 12.1 Å². The number of amides is 2. The third kappa shape index (κ3) is 3.23. The van der Waals surface area contributed by atoms with Gasteiger partial charge in [0.2, 0.25) is 0 Å². The molecule has 2 N–H and O–H groups in total. The van der Waals surface area contributed by atoms with Crippen LogP contribution < -0.4 is 16.2 Å². The van der Waals surface area contributed by atoms with Crippen molar-refractivity contribution < 1.29 is 4.79 Å². The lowest BCUT2D eigenvalue weighted by Crippen LogP contribution is -2.30. The normalized spacial score (nSPS) is 10.6. The summed E-state index contributed by atoms with van der Waals surface area (Å²) in [5.41, 5.74) is 0.965. The summed E-state index contributed by atoms with van der Waals surface area (Å²) < 4.78 is 1.27. The minimum absolute atomic E-state index is 0.171. The van der Waals surface area contributed by atoms with E-state index < -0.39 is 6.03 Å². The van der Waals surface area contributed by atoms with Crippen LogP contribution in [0.2, 0.25) is 5.02 Å². The zero-order valence-corrected chi connectivity index (χ0v) is 13.7. The Bertz CT molecular complexity index is 968. The van der Waals surface area contributed by atoms with Gasteiger partial charge in [-0.2, -0.15) is 5.10 Å². The highest BCUT2D eigenvalue weighted by Crippen LogP contribution is 2.20. The third-order valence-electron chi connectivity index (χ3n) is 3.57. The number of hydrogen-bond donors (Lipinski definition) is 2. The summed E-state index contributed by atoms with van der Waals surface area (Å²) in [5.74, 6) is 0. The molecule has 0 aliphatic carbocycles. The number of nitrogens with zero attached hydrogens (tertiary/aromatic N) is 2. The molecule has 1 heterocycles. The van der Waals surface area contributed by atoms with Crippen molar-refractivity contribution in [3.05, 3.63) is 69.6 Å². The van der Waals surface area contributed by atoms with Crippen molar-refractivity contribution in [3.63, 3.8) is 0 Å². The Balaban J connectivity index is 1.79. The second kappa shape index (κ2) is 6.72. The van der Waals surface area contributed by atoms with Gasteiger partial charge < -0.3 is 10.6 Å². The van der Waals surface area contributed by atoms with Crippen molar-refractivity contribution in [2.75, 3.05) is 5.32 Å². The van der Waals surface area contributed by atoms with Crippen molar-refractivity contribution in [1.82, 2.24) is 15.1 Å². The quantitative estimate of drug-likeness (QED) is 0.768. The Labute approximate surface area is 143 Å². The Morgan fingerprint density at radius 3 is 2.54 bits per heavy atom. The van der Waals surface area contributed by atoms with Gasteiger partial charge in [-0.25, -0.2) is 9.48 Å². The highest BCUT2D eigenvalue weighted by molar-refractivity contribution is 6.33. The number of nitrogens with one attached hydrogen (secondary N) is 2. The zero-order chi connectivity index (χ0) is 17.1. The maximum atomic E-state index is 12.1. The molecule has 0 unspecified atom stereocenters. The van der Waals surface area contributed by atoms with Crippen LogP contribution in [-0.2, 0) is 13.6 Å². The maximum Gasteiger partial charge on any atom is 0.319 e. The molecule has 0 saturated heterocycles. The number of halogens is 1. The Hall–Kier alpha value is -2.86. The molecule has 0 bridgehead atoms. The number of rotatable bonds is 3. The van der Waals surface area contributed by atoms with Gasteiger partial charge in [0.05, 0.1) is 28.3 Å². The van der Waals surface area contributed by atoms with Crippen molar-refractivity contribution in [2.24, 2.45) is 7.05 Å². The van der Waals surface area contributed by atoms with Gasteiger partial charge in [0.25, 0.3) is 5.56 Å². The van der Waals surface area contributed by atoms with E-state index in [0.717, 1.165) is 5.39 Å². The summed E-state index contributed by atoms with van der Waals surface area (Å²) in [7, 11) is 1.59. The van der Waals surface area contributed by atoms with E-state index in [1.165, 1.54) is 4.68 Å². The van der Waals surface area contributed by atoms with Crippen LogP contribution in [0.3, 0.4) is 0 Å². The monoisotopic (exact) mass is 342 g/mol. The Morgan fingerprint density at radius 2 is 1.79 bits per heavy atom. The third-order valence-corrected chi connectivity index (χ3v) is 3.90. The fourth-order valence-corrected chi connectivity index (χ4v) is 2.58. The smallest absolute Gasteiger partial charge is 0.319 e. The van der Waals surface area contributed by atoms with E-state index in [1.54, 1.807) is 43.4 Å². The number of hydrogen-bond acceptors (Lipinski definition) is 3. The first kappa shape index (κ1) is 16.0. The highest BCUT2D eigenvalue weighted by Gasteiger charge is 2.10. The van der Waals surface area contributed by atoms with Gasteiger partial charge >= 0.3 is 6.03 Å². The zero-order valence-electron chi connectivity index (χ0n) is 12.9. The average molecular weight is 343 g/mol. The Morgan fingerprint density at radius 1 is 1.12 bits per heavy atom. The van der Waals surface area contributed by atoms with E-state index >= 15 is 0 Å². The van der Waals surface area contributed by atoms with Crippen molar-refractivity contribution >= 4 is 34.1 Å². The predicted molar refractivity (Wildman–Crippen MR) is 94.3 cm³/mol. The number of fused-ring (bicyclic) bond motifs is 1. The van der Waals surface area contributed by atoms with Crippen molar-refractivity contribution in [3.8, 4) is 0 Å². The lowest BCUT2D eigenvalue weighted by molar-refractivity contribution is 0.251. The van der Waals surface area contributed by atoms with Gasteiger partial charge in [-0.1, -0.05) is 41.9 Å². The molecule has 0 fully saturated rings. The van der Waals surface area contributed by atoms with Crippen molar-refractivity contribution in [1.29, 1.82) is 0 Å². The fraction of sp³-hybridized carbons (Fsp3) is 0.118. The Kier molecular flexibility index (Phi) is 4.48. The van der Waals surface area contributed by atoms with E-state index in [4.69, 9.17) is 11.6 Å². The van der Waals surface area contributed by atoms with Crippen molar-refractivity contribution in [2.45, 2.75) is 6.54 Å². The number of aromatic nitrogens is 2. The van der Waals surface area contributed by atoms with Crippen LogP contribution in [0.4, 0.5) is 10.5 Å². The second-order valence-electron chi connectivity index (χ2n) is 5.21. The molecule has 24 heavy (non-hydrogen) atoms. The molecular weight excluding hydrogens is 328 g/mol. The number of aryl methyl sites for hydroxylation is 1. The molecule has 0 aliphatic heterocycles. The number of anilines is 1. The lowest BCUT2D eigenvalue weighted by Gasteiger charge is -2.11. The molecule has 122 valence electrons. The topological polar surface area (TPSA) is 76.0 Å². The molecule has 2 amide bonds. The van der Waals surface area contributed by atoms with Gasteiger partial charge in [0.1, 0.15) is 0 Å². The van der Waals surface area contributed by atoms with Gasteiger partial charge in [-0.05, 0) is 18.2 Å². The van der Waals surface area contributed by atoms with Gasteiger partial charge in [0.15, 0.2) is 0 Å². The summed E-state index contributed by atoms with van der Waals surface area (Å²) in [6, 6.07) is 13.8. The number of para-hydroxylation sites is 1. The van der Waals surface area contributed by atoms with Crippen LogP contribution in [0, 0.1) is 0 Å². The van der Waals surface area contributed by atoms with E-state index in [0.29, 0.717) is 21.8 Å². The van der Waals surface area contributed by atoms with Crippen LogP contribution in [0.5, 0.6) is 0 Å². The molecule has 0 spiro atoms. The first-order valence-electron chi connectivity index (χ1n) is 7.30. The molecule has 3 aromatic rings. The summed E-state index contributed by atoms with van der Waals surface area (Å²) in [4.78, 5) is 24.1. The average Bonchev–Trinajstić information content (AvgIpc) is 2.59. The molecule has 0 aliphatic rings. The molecule has 0 radical (unpaired) electrons. The van der Waals surface area contributed by atoms with Crippen LogP contribution >= 0.6 is 11.6 Å². The standard InChI is InChI=1S/C17H15ClN4O2/c1-22-16(23)12-7-3-2-6-11(12)15(21-22)10-19-17(24)20-14-9-5-4-8-13(14)18/h2-9H,10H2,1H3,(H2,19,20,24). The fourth-order valence-electron chi connectivity index (χ4n) is 2.40. The molecule has 6 nitrogen and oxygen atoms in total. The maximum absolute atomic E-state index is 12.1. The molecule has 0 saturated carbocycles. The minimum atomic E-state index is -0.400. The summed E-state index contributed by atoms with van der Waals surface area (Å²) in [5, 5.41) is 11.4. The lowest BCUT2D eigenvalue weighted by atomic mass is 10.1. The van der Waals surface area contributed by atoms with Crippen LogP contribution in [0.1, 0.15) is 5.69 Å². The predicted octanol–water partition coefficient (Wildman–Crippen LogP) is 2.91. The highest BCUT2D eigenvalue weighted by atomic mass is 35.5. The van der Waals surface area contributed by atoms with E-state index in [2.05, 4.69) is 15.7 Å². The van der Waals surface area contributed by atoms with Gasteiger partial charge in [-0.3, -0.25) is 4.79 Å². The molecule has 7 heteroatoms. The number of benzene rings is 2. The number of carbonyl (C=O) groups excluding carboxylic acids is 1. The summed E-state index contributed by atoms with van der Waals surface area (Å²) in [6.45, 7) is 0.185. The SMILES string of the molecule is Cn1nc(CNC(=O)Nc2ccccc2Cl)c2ccccc2c1=O. The molecule has 1 aromatic heterocycles. The second-order valence-corrected chi connectivity index (χ2v) is 5.62. The molecular formula is C17H15ClN4O2. The first-order chi connectivity index (χ1) is 11.6. The van der Waals surface area contributed by atoms with Crippen LogP contribution in [0.25, 0.3) is 10.8 Å². The summed E-state index contributed by atoms with van der Waals surface area (Å²) in [6.07, 6.45) is 0. The molecule has 3 rings (SSSR count). The van der Waals surface area contributed by atoms with E-state index in [9.17, 15) is 9.59 Å². The van der Waals surface area contributed by atoms with Crippen LogP contribution in [-0.4, -0.2) is 15.8 Å². The minimum Gasteiger partial charge on any atom is -0.332 e. The number of carbonyl (C=O) groups is 1.